The van der Waals surface area contributed by atoms with Crippen LogP contribution >= 0.6 is 0 Å². The van der Waals surface area contributed by atoms with Gasteiger partial charge in [-0.15, -0.1) is 0 Å². The van der Waals surface area contributed by atoms with Crippen LogP contribution < -0.4 is 9.64 Å². The molecule has 2 aromatic carbocycles. The molecule has 1 fully saturated rings. The number of hydrogen-bond donors (Lipinski definition) is 1. The normalized spacial score (nSPS) is 14.4. The van der Waals surface area contributed by atoms with Crippen LogP contribution in [-0.2, 0) is 0 Å². The summed E-state index contributed by atoms with van der Waals surface area (Å²) < 4.78 is 5.65. The van der Waals surface area contributed by atoms with Crippen LogP contribution in [0.3, 0.4) is 0 Å². The lowest BCUT2D eigenvalue weighted by molar-refractivity contribution is 0.0712. The SMILES string of the molecule is CC(C)Oc1ccc(C(=O)N2CCC(c3cc(C(=O)N(C)c4ccccc4)n[nH]3)CC2)cc1. The third kappa shape index (κ3) is 5.25. The first kappa shape index (κ1) is 22.6. The molecule has 7 heteroatoms. The second kappa shape index (κ2) is 9.90. The predicted molar refractivity (Wildman–Crippen MR) is 128 cm³/mol. The van der Waals surface area contributed by atoms with Crippen molar-refractivity contribution in [3.8, 4) is 5.75 Å². The van der Waals surface area contributed by atoms with Gasteiger partial charge in [0.1, 0.15) is 5.75 Å². The number of ether oxygens (including phenoxy) is 1. The number of carbonyl (C=O) groups is 2. The minimum Gasteiger partial charge on any atom is -0.491 e. The van der Waals surface area contributed by atoms with Gasteiger partial charge < -0.3 is 14.5 Å². The summed E-state index contributed by atoms with van der Waals surface area (Å²) in [7, 11) is 1.75. The van der Waals surface area contributed by atoms with Crippen LogP contribution in [0.5, 0.6) is 5.75 Å². The van der Waals surface area contributed by atoms with Gasteiger partial charge in [-0.1, -0.05) is 18.2 Å². The molecule has 0 aliphatic carbocycles. The van der Waals surface area contributed by atoms with Crippen LogP contribution in [0, 0.1) is 0 Å². The Labute approximate surface area is 194 Å². The lowest BCUT2D eigenvalue weighted by Gasteiger charge is -2.31. The van der Waals surface area contributed by atoms with E-state index in [9.17, 15) is 9.59 Å². The van der Waals surface area contributed by atoms with Crippen LogP contribution in [0.25, 0.3) is 0 Å². The zero-order valence-electron chi connectivity index (χ0n) is 19.3. The standard InChI is InChI=1S/C26H30N4O3/c1-18(2)33-22-11-9-20(10-12-22)25(31)30-15-13-19(14-16-30)23-17-24(28-27-23)26(32)29(3)21-7-5-4-6-8-21/h4-12,17-19H,13-16H2,1-3H3,(H,27,28). The lowest BCUT2D eigenvalue weighted by Crippen LogP contribution is -2.38. The number of piperidine rings is 1. The van der Waals surface area contributed by atoms with Gasteiger partial charge in [0.2, 0.25) is 0 Å². The minimum atomic E-state index is -0.152. The van der Waals surface area contributed by atoms with Crippen LogP contribution in [-0.4, -0.2) is 53.2 Å². The van der Waals surface area contributed by atoms with Crippen molar-refractivity contribution in [3.63, 3.8) is 0 Å². The van der Waals surface area contributed by atoms with Gasteiger partial charge >= 0.3 is 0 Å². The fraction of sp³-hybridized carbons (Fsp3) is 0.346. The van der Waals surface area contributed by atoms with Gasteiger partial charge in [0.05, 0.1) is 6.10 Å². The van der Waals surface area contributed by atoms with Gasteiger partial charge in [0.15, 0.2) is 5.69 Å². The highest BCUT2D eigenvalue weighted by molar-refractivity contribution is 6.04. The number of aromatic amines is 1. The number of nitrogens with zero attached hydrogens (tertiary/aromatic N) is 3. The van der Waals surface area contributed by atoms with Crippen molar-refractivity contribution in [1.82, 2.24) is 15.1 Å². The van der Waals surface area contributed by atoms with Crippen molar-refractivity contribution in [2.45, 2.75) is 38.7 Å². The number of amides is 2. The van der Waals surface area contributed by atoms with E-state index in [-0.39, 0.29) is 23.8 Å². The molecule has 1 aromatic heterocycles. The Hall–Kier alpha value is -3.61. The molecule has 2 heterocycles. The summed E-state index contributed by atoms with van der Waals surface area (Å²) in [5, 5.41) is 7.30. The molecule has 1 saturated heterocycles. The molecule has 1 N–H and O–H groups in total. The molecule has 0 radical (unpaired) electrons. The van der Waals surface area contributed by atoms with Crippen LogP contribution in [0.4, 0.5) is 5.69 Å². The van der Waals surface area contributed by atoms with Crippen molar-refractivity contribution in [3.05, 3.63) is 77.6 Å². The van der Waals surface area contributed by atoms with Crippen LogP contribution in [0.1, 0.15) is 59.1 Å². The monoisotopic (exact) mass is 446 g/mol. The first-order valence-corrected chi connectivity index (χ1v) is 11.4. The molecule has 3 aromatic rings. The highest BCUT2D eigenvalue weighted by Gasteiger charge is 2.27. The average Bonchev–Trinajstić information content (AvgIpc) is 3.34. The van der Waals surface area contributed by atoms with E-state index in [0.717, 1.165) is 30.0 Å². The first-order chi connectivity index (χ1) is 15.9. The molecule has 0 saturated carbocycles. The highest BCUT2D eigenvalue weighted by Crippen LogP contribution is 2.28. The van der Waals surface area contributed by atoms with Crippen molar-refractivity contribution in [2.24, 2.45) is 0 Å². The molecular weight excluding hydrogens is 416 g/mol. The number of carbonyl (C=O) groups excluding carboxylic acids is 2. The molecule has 33 heavy (non-hydrogen) atoms. The second-order valence-corrected chi connectivity index (χ2v) is 8.67. The highest BCUT2D eigenvalue weighted by atomic mass is 16.5. The van der Waals surface area contributed by atoms with Crippen LogP contribution in [0.2, 0.25) is 0 Å². The van der Waals surface area contributed by atoms with E-state index in [1.54, 1.807) is 11.9 Å². The Morgan fingerprint density at radius 3 is 2.36 bits per heavy atom. The Morgan fingerprint density at radius 2 is 1.73 bits per heavy atom. The summed E-state index contributed by atoms with van der Waals surface area (Å²) in [4.78, 5) is 29.2. The summed E-state index contributed by atoms with van der Waals surface area (Å²) >= 11 is 0. The molecule has 7 nitrogen and oxygen atoms in total. The number of benzene rings is 2. The Kier molecular flexibility index (Phi) is 6.77. The molecular formula is C26H30N4O3. The van der Waals surface area contributed by atoms with Gasteiger partial charge in [-0.05, 0) is 69.2 Å². The zero-order chi connectivity index (χ0) is 23.4. The Bertz CT molecular complexity index is 1080. The zero-order valence-corrected chi connectivity index (χ0v) is 19.3. The molecule has 1 aliphatic rings. The van der Waals surface area contributed by atoms with E-state index < -0.39 is 0 Å². The van der Waals surface area contributed by atoms with E-state index >= 15 is 0 Å². The van der Waals surface area contributed by atoms with E-state index in [4.69, 9.17) is 4.74 Å². The average molecular weight is 447 g/mol. The van der Waals surface area contributed by atoms with Gasteiger partial charge in [-0.25, -0.2) is 0 Å². The smallest absolute Gasteiger partial charge is 0.278 e. The number of aromatic nitrogens is 2. The topological polar surface area (TPSA) is 78.5 Å². The predicted octanol–water partition coefficient (Wildman–Crippen LogP) is 4.49. The molecule has 172 valence electrons. The summed E-state index contributed by atoms with van der Waals surface area (Å²) in [6, 6.07) is 18.7. The lowest BCUT2D eigenvalue weighted by atomic mass is 9.93. The third-order valence-corrected chi connectivity index (χ3v) is 5.96. The number of nitrogens with one attached hydrogen (secondary N) is 1. The number of anilines is 1. The van der Waals surface area contributed by atoms with E-state index in [0.29, 0.717) is 24.3 Å². The van der Waals surface area contributed by atoms with Gasteiger partial charge in [-0.3, -0.25) is 14.7 Å². The van der Waals surface area contributed by atoms with Crippen molar-refractivity contribution in [2.75, 3.05) is 25.0 Å². The number of hydrogen-bond acceptors (Lipinski definition) is 4. The summed E-state index contributed by atoms with van der Waals surface area (Å²) in [5.41, 5.74) is 2.84. The van der Waals surface area contributed by atoms with Crippen molar-refractivity contribution < 1.29 is 14.3 Å². The minimum absolute atomic E-state index is 0.0366. The quantitative estimate of drug-likeness (QED) is 0.605. The summed E-state index contributed by atoms with van der Waals surface area (Å²) in [5.74, 6) is 0.894. The van der Waals surface area contributed by atoms with Crippen molar-refractivity contribution in [1.29, 1.82) is 0 Å². The van der Waals surface area contributed by atoms with E-state index in [1.807, 2.05) is 79.4 Å². The maximum Gasteiger partial charge on any atom is 0.278 e. The Morgan fingerprint density at radius 1 is 1.06 bits per heavy atom. The second-order valence-electron chi connectivity index (χ2n) is 8.67. The molecule has 0 bridgehead atoms. The van der Waals surface area contributed by atoms with E-state index in [1.165, 1.54) is 0 Å². The molecule has 4 rings (SSSR count). The summed E-state index contributed by atoms with van der Waals surface area (Å²) in [6.45, 7) is 5.28. The molecule has 0 spiro atoms. The molecule has 0 unspecified atom stereocenters. The first-order valence-electron chi connectivity index (χ1n) is 11.4. The number of H-pyrrole nitrogens is 1. The maximum atomic E-state index is 12.9. The molecule has 0 atom stereocenters. The molecule has 2 amide bonds. The Balaban J connectivity index is 1.34. The number of likely N-dealkylation sites (tertiary alicyclic amines) is 1. The van der Waals surface area contributed by atoms with Gasteiger partial charge in [0.25, 0.3) is 11.8 Å². The largest absolute Gasteiger partial charge is 0.491 e. The fourth-order valence-corrected chi connectivity index (χ4v) is 4.12. The van der Waals surface area contributed by atoms with Gasteiger partial charge in [-0.2, -0.15) is 5.10 Å². The van der Waals surface area contributed by atoms with Crippen molar-refractivity contribution >= 4 is 17.5 Å². The number of rotatable bonds is 6. The molecule has 1 aliphatic heterocycles. The maximum absolute atomic E-state index is 12.9. The fourth-order valence-electron chi connectivity index (χ4n) is 4.12. The van der Waals surface area contributed by atoms with Gasteiger partial charge in [0, 0.05) is 43.0 Å². The van der Waals surface area contributed by atoms with E-state index in [2.05, 4.69) is 10.2 Å². The third-order valence-electron chi connectivity index (χ3n) is 5.96. The summed E-state index contributed by atoms with van der Waals surface area (Å²) in [6.07, 6.45) is 1.75. The van der Waals surface area contributed by atoms with Crippen LogP contribution in [0.15, 0.2) is 60.7 Å². The number of para-hydroxylation sites is 1.